The lowest BCUT2D eigenvalue weighted by Gasteiger charge is -2.34. The van der Waals surface area contributed by atoms with E-state index in [1.807, 2.05) is 65.6 Å². The van der Waals surface area contributed by atoms with Crippen molar-refractivity contribution in [3.63, 3.8) is 0 Å². The predicted octanol–water partition coefficient (Wildman–Crippen LogP) is 4.12. The first-order valence-corrected chi connectivity index (χ1v) is 10.3. The van der Waals surface area contributed by atoms with E-state index in [9.17, 15) is 9.59 Å². The molecule has 0 aliphatic heterocycles. The fourth-order valence-electron chi connectivity index (χ4n) is 4.18. The van der Waals surface area contributed by atoms with E-state index in [4.69, 9.17) is 0 Å². The van der Waals surface area contributed by atoms with Crippen molar-refractivity contribution in [1.29, 1.82) is 0 Å². The second kappa shape index (κ2) is 10.1. The van der Waals surface area contributed by atoms with Gasteiger partial charge in [-0.25, -0.2) is 0 Å². The Balaban J connectivity index is 1.66. The molecule has 2 aromatic carbocycles. The molecule has 0 atom stereocenters. The van der Waals surface area contributed by atoms with Crippen molar-refractivity contribution in [2.75, 3.05) is 13.1 Å². The lowest BCUT2D eigenvalue weighted by atomic mass is 9.90. The van der Waals surface area contributed by atoms with Gasteiger partial charge in [0.05, 0.1) is 5.92 Å². The van der Waals surface area contributed by atoms with Crippen molar-refractivity contribution in [3.8, 4) is 0 Å². The molecule has 0 heterocycles. The summed E-state index contributed by atoms with van der Waals surface area (Å²) in [5.41, 5.74) is 1.95. The quantitative estimate of drug-likeness (QED) is 0.788. The highest BCUT2D eigenvalue weighted by Gasteiger charge is 2.25. The molecular weight excluding hydrogens is 348 g/mol. The van der Waals surface area contributed by atoms with Gasteiger partial charge in [0.2, 0.25) is 11.8 Å². The SMILES string of the molecule is CC(=O)N(CCNC(=O)C(c1ccccc1)c1ccccc1)C1CCCCC1. The molecule has 2 aromatic rings. The third-order valence-electron chi connectivity index (χ3n) is 5.60. The predicted molar refractivity (Wildman–Crippen MR) is 112 cm³/mol. The number of amides is 2. The largest absolute Gasteiger partial charge is 0.354 e. The molecular formula is C24H30N2O2. The van der Waals surface area contributed by atoms with E-state index in [2.05, 4.69) is 5.32 Å². The summed E-state index contributed by atoms with van der Waals surface area (Å²) in [5.74, 6) is -0.267. The summed E-state index contributed by atoms with van der Waals surface area (Å²) in [7, 11) is 0. The molecule has 0 aromatic heterocycles. The highest BCUT2D eigenvalue weighted by atomic mass is 16.2. The van der Waals surface area contributed by atoms with E-state index < -0.39 is 0 Å². The summed E-state index contributed by atoms with van der Waals surface area (Å²) in [6.45, 7) is 2.68. The fourth-order valence-corrected chi connectivity index (χ4v) is 4.18. The second-order valence-electron chi connectivity index (χ2n) is 7.55. The lowest BCUT2D eigenvalue weighted by molar-refractivity contribution is -0.132. The van der Waals surface area contributed by atoms with Gasteiger partial charge in [0, 0.05) is 26.1 Å². The Labute approximate surface area is 167 Å². The van der Waals surface area contributed by atoms with Crippen LogP contribution in [0.3, 0.4) is 0 Å². The molecule has 28 heavy (non-hydrogen) atoms. The lowest BCUT2D eigenvalue weighted by Crippen LogP contribution is -2.45. The van der Waals surface area contributed by atoms with Crippen LogP contribution in [0.2, 0.25) is 0 Å². The number of benzene rings is 2. The van der Waals surface area contributed by atoms with Crippen molar-refractivity contribution < 1.29 is 9.59 Å². The molecule has 0 radical (unpaired) electrons. The summed E-state index contributed by atoms with van der Waals surface area (Å²) < 4.78 is 0. The van der Waals surface area contributed by atoms with Gasteiger partial charge in [-0.3, -0.25) is 9.59 Å². The van der Waals surface area contributed by atoms with Gasteiger partial charge in [-0.1, -0.05) is 79.9 Å². The first kappa shape index (κ1) is 20.1. The zero-order chi connectivity index (χ0) is 19.8. The van der Waals surface area contributed by atoms with Gasteiger partial charge in [0.1, 0.15) is 0 Å². The molecule has 1 saturated carbocycles. The van der Waals surface area contributed by atoms with Gasteiger partial charge >= 0.3 is 0 Å². The number of rotatable bonds is 7. The molecule has 1 aliphatic carbocycles. The normalized spacial score (nSPS) is 14.6. The first-order valence-electron chi connectivity index (χ1n) is 10.3. The highest BCUT2D eigenvalue weighted by molar-refractivity contribution is 5.87. The molecule has 1 fully saturated rings. The maximum absolute atomic E-state index is 13.1. The maximum atomic E-state index is 13.1. The van der Waals surface area contributed by atoms with Gasteiger partial charge in [-0.05, 0) is 24.0 Å². The topological polar surface area (TPSA) is 49.4 Å². The number of hydrogen-bond acceptors (Lipinski definition) is 2. The van der Waals surface area contributed by atoms with Gasteiger partial charge in [-0.15, -0.1) is 0 Å². The van der Waals surface area contributed by atoms with E-state index in [0.29, 0.717) is 19.1 Å². The number of hydrogen-bond donors (Lipinski definition) is 1. The average Bonchev–Trinajstić information content (AvgIpc) is 2.73. The Morgan fingerprint density at radius 3 is 1.96 bits per heavy atom. The van der Waals surface area contributed by atoms with Crippen LogP contribution in [0.15, 0.2) is 60.7 Å². The maximum Gasteiger partial charge on any atom is 0.232 e. The van der Waals surface area contributed by atoms with Gasteiger partial charge in [0.15, 0.2) is 0 Å². The van der Waals surface area contributed by atoms with Crippen LogP contribution in [0.5, 0.6) is 0 Å². The average molecular weight is 379 g/mol. The van der Waals surface area contributed by atoms with Crippen molar-refractivity contribution in [3.05, 3.63) is 71.8 Å². The fraction of sp³-hybridized carbons (Fsp3) is 0.417. The molecule has 0 unspecified atom stereocenters. The summed E-state index contributed by atoms with van der Waals surface area (Å²) in [4.78, 5) is 27.1. The van der Waals surface area contributed by atoms with E-state index in [1.165, 1.54) is 19.3 Å². The van der Waals surface area contributed by atoms with Crippen molar-refractivity contribution in [2.24, 2.45) is 0 Å². The van der Waals surface area contributed by atoms with Crippen LogP contribution < -0.4 is 5.32 Å². The Kier molecular flexibility index (Phi) is 7.24. The van der Waals surface area contributed by atoms with E-state index >= 15 is 0 Å². The van der Waals surface area contributed by atoms with Crippen LogP contribution in [0.25, 0.3) is 0 Å². The van der Waals surface area contributed by atoms with Crippen LogP contribution in [-0.4, -0.2) is 35.8 Å². The Hall–Kier alpha value is -2.62. The van der Waals surface area contributed by atoms with Crippen LogP contribution in [0, 0.1) is 0 Å². The van der Waals surface area contributed by atoms with Crippen molar-refractivity contribution >= 4 is 11.8 Å². The van der Waals surface area contributed by atoms with Crippen LogP contribution in [0.1, 0.15) is 56.1 Å². The Bertz CT molecular complexity index is 715. The number of carbonyl (C=O) groups excluding carboxylic acids is 2. The molecule has 3 rings (SSSR count). The van der Waals surface area contributed by atoms with Gasteiger partial charge in [-0.2, -0.15) is 0 Å². The van der Waals surface area contributed by atoms with E-state index in [-0.39, 0.29) is 17.7 Å². The van der Waals surface area contributed by atoms with Crippen molar-refractivity contribution in [2.45, 2.75) is 51.0 Å². The molecule has 4 nitrogen and oxygen atoms in total. The van der Waals surface area contributed by atoms with Crippen LogP contribution in [-0.2, 0) is 9.59 Å². The van der Waals surface area contributed by atoms with E-state index in [0.717, 1.165) is 24.0 Å². The smallest absolute Gasteiger partial charge is 0.232 e. The minimum absolute atomic E-state index is 0.0236. The Morgan fingerprint density at radius 2 is 1.46 bits per heavy atom. The number of carbonyl (C=O) groups is 2. The highest BCUT2D eigenvalue weighted by Crippen LogP contribution is 2.25. The molecule has 0 bridgehead atoms. The molecule has 1 aliphatic rings. The number of nitrogens with one attached hydrogen (secondary N) is 1. The molecule has 0 spiro atoms. The zero-order valence-electron chi connectivity index (χ0n) is 16.6. The third-order valence-corrected chi connectivity index (χ3v) is 5.60. The Morgan fingerprint density at radius 1 is 0.929 bits per heavy atom. The second-order valence-corrected chi connectivity index (χ2v) is 7.55. The molecule has 0 saturated heterocycles. The molecule has 1 N–H and O–H groups in total. The summed E-state index contributed by atoms with van der Waals surface area (Å²) >= 11 is 0. The standard InChI is InChI=1S/C24H30N2O2/c1-19(27)26(22-15-9-4-10-16-22)18-17-25-24(28)23(20-11-5-2-6-12-20)21-13-7-3-8-14-21/h2-3,5-8,11-14,22-23H,4,9-10,15-18H2,1H3,(H,25,28). The van der Waals surface area contributed by atoms with Crippen molar-refractivity contribution in [1.82, 2.24) is 10.2 Å². The summed E-state index contributed by atoms with van der Waals surface area (Å²) in [5, 5.41) is 3.07. The first-order chi connectivity index (χ1) is 13.7. The molecule has 2 amide bonds. The molecule has 148 valence electrons. The van der Waals surface area contributed by atoms with Gasteiger partial charge in [0.25, 0.3) is 0 Å². The van der Waals surface area contributed by atoms with Gasteiger partial charge < -0.3 is 10.2 Å². The monoisotopic (exact) mass is 378 g/mol. The summed E-state index contributed by atoms with van der Waals surface area (Å²) in [6, 6.07) is 20.0. The third kappa shape index (κ3) is 5.22. The number of nitrogens with zero attached hydrogens (tertiary/aromatic N) is 1. The minimum atomic E-state index is -0.345. The van der Waals surface area contributed by atoms with Crippen LogP contribution >= 0.6 is 0 Å². The van der Waals surface area contributed by atoms with E-state index in [1.54, 1.807) is 6.92 Å². The van der Waals surface area contributed by atoms with Crippen LogP contribution in [0.4, 0.5) is 0 Å². The molecule has 4 heteroatoms. The zero-order valence-corrected chi connectivity index (χ0v) is 16.6. The summed E-state index contributed by atoms with van der Waals surface area (Å²) in [6.07, 6.45) is 5.78. The minimum Gasteiger partial charge on any atom is -0.354 e.